The lowest BCUT2D eigenvalue weighted by atomic mass is 9.82. The van der Waals surface area contributed by atoms with E-state index in [9.17, 15) is 5.26 Å². The quantitative estimate of drug-likeness (QED) is 0.471. The van der Waals surface area contributed by atoms with Crippen LogP contribution in [-0.4, -0.2) is 31.9 Å². The SMILES string of the molecule is CC.COc1ccc(C2CN(Cc3ccccc3)CC(c3ccc4c(c3)OCO4)=C2C#N)cc1. The van der Waals surface area contributed by atoms with E-state index in [-0.39, 0.29) is 12.7 Å². The highest BCUT2D eigenvalue weighted by atomic mass is 16.7. The van der Waals surface area contributed by atoms with E-state index in [0.29, 0.717) is 6.54 Å². The zero-order chi connectivity index (χ0) is 23.9. The van der Waals surface area contributed by atoms with Gasteiger partial charge >= 0.3 is 0 Å². The van der Waals surface area contributed by atoms with Gasteiger partial charge in [0.1, 0.15) is 5.75 Å². The predicted octanol–water partition coefficient (Wildman–Crippen LogP) is 6.03. The van der Waals surface area contributed by atoms with E-state index < -0.39 is 0 Å². The fourth-order valence-corrected chi connectivity index (χ4v) is 4.48. The molecule has 5 nitrogen and oxygen atoms in total. The molecule has 3 aromatic carbocycles. The third-order valence-corrected chi connectivity index (χ3v) is 6.10. The number of ether oxygens (including phenoxy) is 3. The van der Waals surface area contributed by atoms with Crippen LogP contribution in [0.1, 0.15) is 36.5 Å². The number of nitriles is 1. The Morgan fingerprint density at radius 2 is 1.71 bits per heavy atom. The first-order valence-electron chi connectivity index (χ1n) is 11.7. The Morgan fingerprint density at radius 1 is 0.971 bits per heavy atom. The highest BCUT2D eigenvalue weighted by Gasteiger charge is 2.30. The lowest BCUT2D eigenvalue weighted by molar-refractivity contribution is 0.174. The number of nitrogens with zero attached hydrogens (tertiary/aromatic N) is 2. The topological polar surface area (TPSA) is 54.7 Å². The lowest BCUT2D eigenvalue weighted by Crippen LogP contribution is -2.35. The maximum Gasteiger partial charge on any atom is 0.231 e. The van der Waals surface area contributed by atoms with Gasteiger partial charge in [0.25, 0.3) is 0 Å². The first-order valence-corrected chi connectivity index (χ1v) is 11.7. The van der Waals surface area contributed by atoms with Gasteiger partial charge in [-0.2, -0.15) is 5.26 Å². The van der Waals surface area contributed by atoms with E-state index in [1.807, 2.05) is 50.2 Å². The largest absolute Gasteiger partial charge is 0.497 e. The van der Waals surface area contributed by atoms with E-state index in [2.05, 4.69) is 47.4 Å². The second-order valence-electron chi connectivity index (χ2n) is 8.05. The van der Waals surface area contributed by atoms with E-state index in [1.165, 1.54) is 5.56 Å². The summed E-state index contributed by atoms with van der Waals surface area (Å²) >= 11 is 0. The van der Waals surface area contributed by atoms with Crippen LogP contribution in [0.15, 0.2) is 78.4 Å². The maximum atomic E-state index is 10.2. The zero-order valence-corrected chi connectivity index (χ0v) is 20.0. The molecule has 1 unspecified atom stereocenters. The van der Waals surface area contributed by atoms with Gasteiger partial charge in [-0.3, -0.25) is 4.90 Å². The van der Waals surface area contributed by atoms with Crippen molar-refractivity contribution in [3.8, 4) is 23.3 Å². The molecule has 5 rings (SSSR count). The van der Waals surface area contributed by atoms with Crippen molar-refractivity contribution in [2.45, 2.75) is 26.3 Å². The lowest BCUT2D eigenvalue weighted by Gasteiger charge is -2.35. The van der Waals surface area contributed by atoms with Crippen molar-refractivity contribution in [1.82, 2.24) is 4.90 Å². The third-order valence-electron chi connectivity index (χ3n) is 6.10. The number of methoxy groups -OCH3 is 1. The molecule has 0 N–H and O–H groups in total. The van der Waals surface area contributed by atoms with Gasteiger partial charge < -0.3 is 14.2 Å². The summed E-state index contributed by atoms with van der Waals surface area (Å²) in [5.41, 5.74) is 5.21. The average molecular weight is 455 g/mol. The molecule has 0 radical (unpaired) electrons. The summed E-state index contributed by atoms with van der Waals surface area (Å²) in [7, 11) is 1.66. The Bertz CT molecular complexity index is 1180. The van der Waals surface area contributed by atoms with Gasteiger partial charge in [-0.05, 0) is 46.5 Å². The number of rotatable bonds is 5. The predicted molar refractivity (Wildman–Crippen MR) is 134 cm³/mol. The molecule has 2 aliphatic rings. The molecule has 0 fully saturated rings. The van der Waals surface area contributed by atoms with E-state index in [4.69, 9.17) is 14.2 Å². The minimum Gasteiger partial charge on any atom is -0.497 e. The van der Waals surface area contributed by atoms with Gasteiger partial charge in [-0.15, -0.1) is 0 Å². The molecular weight excluding hydrogens is 424 g/mol. The van der Waals surface area contributed by atoms with Gasteiger partial charge in [0.2, 0.25) is 6.79 Å². The normalized spacial score (nSPS) is 16.9. The van der Waals surface area contributed by atoms with Crippen LogP contribution in [0.2, 0.25) is 0 Å². The average Bonchev–Trinajstić information content (AvgIpc) is 3.38. The van der Waals surface area contributed by atoms with E-state index in [0.717, 1.165) is 52.6 Å². The Labute approximate surface area is 201 Å². The molecule has 174 valence electrons. The molecule has 0 spiro atoms. The van der Waals surface area contributed by atoms with Crippen molar-refractivity contribution >= 4 is 5.57 Å². The van der Waals surface area contributed by atoms with Gasteiger partial charge in [0.05, 0.1) is 13.2 Å². The van der Waals surface area contributed by atoms with Crippen molar-refractivity contribution in [3.63, 3.8) is 0 Å². The van der Waals surface area contributed by atoms with Crippen LogP contribution in [-0.2, 0) is 6.54 Å². The van der Waals surface area contributed by atoms with Gasteiger partial charge in [0.15, 0.2) is 11.5 Å². The van der Waals surface area contributed by atoms with Crippen molar-refractivity contribution in [2.24, 2.45) is 0 Å². The number of hydrogen-bond donors (Lipinski definition) is 0. The fraction of sp³-hybridized carbons (Fsp3) is 0.276. The molecule has 5 heteroatoms. The second kappa shape index (κ2) is 10.9. The molecule has 2 aliphatic heterocycles. The molecule has 0 saturated carbocycles. The standard InChI is InChI=1S/C27H24N2O3.C2H6/c1-30-22-10-7-20(8-11-22)24-16-29(15-19-5-3-2-4-6-19)17-25(23(24)14-28)21-9-12-26-27(13-21)32-18-31-26;1-2/h2-13,24H,15-18H2,1H3;1-2H3. The van der Waals surface area contributed by atoms with E-state index >= 15 is 0 Å². The molecule has 1 atom stereocenters. The molecule has 34 heavy (non-hydrogen) atoms. The first-order chi connectivity index (χ1) is 16.7. The smallest absolute Gasteiger partial charge is 0.231 e. The summed E-state index contributed by atoms with van der Waals surface area (Å²) < 4.78 is 16.4. The highest BCUT2D eigenvalue weighted by Crippen LogP contribution is 2.40. The van der Waals surface area contributed by atoms with Gasteiger partial charge in [-0.1, -0.05) is 62.4 Å². The molecule has 0 aromatic heterocycles. The maximum absolute atomic E-state index is 10.2. The Balaban J connectivity index is 0.00000133. The molecule has 3 aromatic rings. The summed E-state index contributed by atoms with van der Waals surface area (Å²) in [6.07, 6.45) is 0. The fourth-order valence-electron chi connectivity index (χ4n) is 4.48. The monoisotopic (exact) mass is 454 g/mol. The minimum absolute atomic E-state index is 0.0243. The van der Waals surface area contributed by atoms with Crippen LogP contribution in [0, 0.1) is 11.3 Å². The molecule has 0 bridgehead atoms. The Morgan fingerprint density at radius 3 is 2.41 bits per heavy atom. The van der Waals surface area contributed by atoms with Crippen LogP contribution in [0.3, 0.4) is 0 Å². The first kappa shape index (κ1) is 23.4. The van der Waals surface area contributed by atoms with Crippen LogP contribution in [0.4, 0.5) is 0 Å². The van der Waals surface area contributed by atoms with Crippen LogP contribution in [0.25, 0.3) is 5.57 Å². The van der Waals surface area contributed by atoms with E-state index in [1.54, 1.807) is 7.11 Å². The molecule has 0 amide bonds. The molecular formula is C29H30N2O3. The number of fused-ring (bicyclic) bond motifs is 1. The van der Waals surface area contributed by atoms with Crippen molar-refractivity contribution < 1.29 is 14.2 Å². The van der Waals surface area contributed by atoms with Crippen LogP contribution < -0.4 is 14.2 Å². The Kier molecular flexibility index (Phi) is 7.51. The summed E-state index contributed by atoms with van der Waals surface area (Å²) in [5, 5.41) is 10.2. The summed E-state index contributed by atoms with van der Waals surface area (Å²) in [4.78, 5) is 2.41. The minimum atomic E-state index is -0.0243. The number of benzene rings is 3. The summed E-state index contributed by atoms with van der Waals surface area (Å²) in [6, 6.07) is 27.0. The number of hydrogen-bond acceptors (Lipinski definition) is 5. The summed E-state index contributed by atoms with van der Waals surface area (Å²) in [5.74, 6) is 2.26. The second-order valence-corrected chi connectivity index (χ2v) is 8.05. The van der Waals surface area contributed by atoms with Crippen LogP contribution in [0.5, 0.6) is 17.2 Å². The summed E-state index contributed by atoms with van der Waals surface area (Å²) in [6.45, 7) is 6.53. The van der Waals surface area contributed by atoms with Crippen LogP contribution >= 0.6 is 0 Å². The van der Waals surface area contributed by atoms with Crippen molar-refractivity contribution in [1.29, 1.82) is 5.26 Å². The van der Waals surface area contributed by atoms with Crippen molar-refractivity contribution in [2.75, 3.05) is 27.0 Å². The molecule has 2 heterocycles. The van der Waals surface area contributed by atoms with Crippen molar-refractivity contribution in [3.05, 3.63) is 95.1 Å². The molecule has 0 saturated heterocycles. The Hall–Kier alpha value is -3.75. The third kappa shape index (κ3) is 4.93. The van der Waals surface area contributed by atoms with Gasteiger partial charge in [-0.25, -0.2) is 0 Å². The molecule has 0 aliphatic carbocycles. The van der Waals surface area contributed by atoms with Gasteiger partial charge in [0, 0.05) is 31.1 Å². The highest BCUT2D eigenvalue weighted by molar-refractivity contribution is 5.77. The zero-order valence-electron chi connectivity index (χ0n) is 20.0.